The number of alkyl carbamates (subject to hydrolysis) is 1. The zero-order valence-corrected chi connectivity index (χ0v) is 15.2. The van der Waals surface area contributed by atoms with Gasteiger partial charge in [0.1, 0.15) is 5.60 Å². The molecule has 1 heterocycles. The molecule has 1 amide bonds. The van der Waals surface area contributed by atoms with Gasteiger partial charge in [-0.2, -0.15) is 0 Å². The van der Waals surface area contributed by atoms with Gasteiger partial charge in [-0.1, -0.05) is 0 Å². The quantitative estimate of drug-likeness (QED) is 0.710. The van der Waals surface area contributed by atoms with Gasteiger partial charge in [0.2, 0.25) is 0 Å². The van der Waals surface area contributed by atoms with Gasteiger partial charge in [0, 0.05) is 19.1 Å². The summed E-state index contributed by atoms with van der Waals surface area (Å²) in [5.41, 5.74) is -0.568. The summed E-state index contributed by atoms with van der Waals surface area (Å²) in [6, 6.07) is 0. The van der Waals surface area contributed by atoms with Crippen LogP contribution in [-0.2, 0) is 14.2 Å². The molecule has 0 aromatic rings. The van der Waals surface area contributed by atoms with E-state index >= 15 is 0 Å². The van der Waals surface area contributed by atoms with E-state index in [0.717, 1.165) is 0 Å². The molecule has 1 saturated carbocycles. The number of carbonyl (C=O) groups excluding carboxylic acids is 1. The Kier molecular flexibility index (Phi) is 5.79. The van der Waals surface area contributed by atoms with Crippen LogP contribution in [-0.4, -0.2) is 59.7 Å². The highest BCUT2D eigenvalue weighted by Crippen LogP contribution is 2.42. The van der Waals surface area contributed by atoms with Crippen LogP contribution in [0.4, 0.5) is 4.79 Å². The molecule has 140 valence electrons. The van der Waals surface area contributed by atoms with Crippen LogP contribution in [0.1, 0.15) is 41.0 Å². The Morgan fingerprint density at radius 3 is 2.54 bits per heavy atom. The van der Waals surface area contributed by atoms with Crippen LogP contribution >= 0.6 is 0 Å². The molecule has 0 bridgehead atoms. The molecule has 0 aromatic carbocycles. The number of amides is 1. The lowest BCUT2D eigenvalue weighted by Crippen LogP contribution is -2.42. The third-order valence-electron chi connectivity index (χ3n) is 4.66. The molecule has 0 aromatic heterocycles. The first kappa shape index (κ1) is 19.4. The van der Waals surface area contributed by atoms with Gasteiger partial charge in [0.05, 0.1) is 18.8 Å². The average Bonchev–Trinajstić information content (AvgIpc) is 2.93. The fraction of sp³-hybridized carbons (Fsp3) is 0.941. The molecule has 1 aliphatic carbocycles. The predicted molar refractivity (Wildman–Crippen MR) is 87.3 cm³/mol. The normalized spacial score (nSPS) is 35.9. The van der Waals surface area contributed by atoms with Crippen LogP contribution in [0, 0.1) is 17.8 Å². The second-order valence-electron chi connectivity index (χ2n) is 8.24. The van der Waals surface area contributed by atoms with E-state index < -0.39 is 23.6 Å². The van der Waals surface area contributed by atoms with E-state index in [2.05, 4.69) is 5.32 Å². The van der Waals surface area contributed by atoms with Crippen molar-refractivity contribution in [2.24, 2.45) is 17.8 Å². The van der Waals surface area contributed by atoms with Crippen LogP contribution in [0.2, 0.25) is 0 Å². The van der Waals surface area contributed by atoms with Crippen molar-refractivity contribution in [2.45, 2.75) is 64.6 Å². The number of ether oxygens (including phenoxy) is 3. The molecule has 5 atom stereocenters. The van der Waals surface area contributed by atoms with Crippen molar-refractivity contribution in [1.82, 2.24) is 5.32 Å². The largest absolute Gasteiger partial charge is 0.444 e. The summed E-state index contributed by atoms with van der Waals surface area (Å²) in [6.45, 7) is 9.77. The summed E-state index contributed by atoms with van der Waals surface area (Å²) in [6.07, 6.45) is -0.849. The molecular weight excluding hydrogens is 314 g/mol. The molecule has 3 N–H and O–H groups in total. The van der Waals surface area contributed by atoms with Crippen molar-refractivity contribution in [3.8, 4) is 0 Å². The Morgan fingerprint density at radius 2 is 2.04 bits per heavy atom. The van der Waals surface area contributed by atoms with Gasteiger partial charge in [-0.25, -0.2) is 4.79 Å². The topological polar surface area (TPSA) is 97.3 Å². The third kappa shape index (κ3) is 4.81. The fourth-order valence-electron chi connectivity index (χ4n) is 3.70. The van der Waals surface area contributed by atoms with Crippen molar-refractivity contribution >= 4 is 6.09 Å². The van der Waals surface area contributed by atoms with Crippen LogP contribution in [0.15, 0.2) is 0 Å². The monoisotopic (exact) mass is 345 g/mol. The lowest BCUT2D eigenvalue weighted by atomic mass is 9.85. The van der Waals surface area contributed by atoms with Gasteiger partial charge in [-0.05, 0) is 52.9 Å². The van der Waals surface area contributed by atoms with Crippen LogP contribution in [0.3, 0.4) is 0 Å². The fourth-order valence-corrected chi connectivity index (χ4v) is 3.70. The van der Waals surface area contributed by atoms with Crippen molar-refractivity contribution in [2.75, 3.05) is 19.8 Å². The van der Waals surface area contributed by atoms with Gasteiger partial charge < -0.3 is 29.7 Å². The van der Waals surface area contributed by atoms with Gasteiger partial charge >= 0.3 is 6.09 Å². The van der Waals surface area contributed by atoms with Crippen molar-refractivity contribution in [3.63, 3.8) is 0 Å². The molecule has 24 heavy (non-hydrogen) atoms. The first-order valence-electron chi connectivity index (χ1n) is 8.60. The number of nitrogens with one attached hydrogen (secondary N) is 1. The highest BCUT2D eigenvalue weighted by Gasteiger charge is 2.50. The maximum Gasteiger partial charge on any atom is 0.407 e. The summed E-state index contributed by atoms with van der Waals surface area (Å²) < 4.78 is 16.8. The zero-order valence-electron chi connectivity index (χ0n) is 15.2. The first-order chi connectivity index (χ1) is 11.0. The standard InChI is InChI=1S/C17H31NO6/c1-16(2,3)24-15(21)18-7-11-10(8-19)6-12(20)14(11)13-9-22-17(4,5)23-13/h10-14,19-20H,6-9H2,1-5H3,(H,18,21)/t10-,11+,12?,13+,14+/m0/s1. The molecule has 1 saturated heterocycles. The minimum Gasteiger partial charge on any atom is -0.444 e. The van der Waals surface area contributed by atoms with E-state index in [0.29, 0.717) is 19.6 Å². The van der Waals surface area contributed by atoms with E-state index in [9.17, 15) is 15.0 Å². The van der Waals surface area contributed by atoms with Gasteiger partial charge in [0.25, 0.3) is 0 Å². The van der Waals surface area contributed by atoms with Crippen molar-refractivity contribution < 1.29 is 29.2 Å². The predicted octanol–water partition coefficient (Wildman–Crippen LogP) is 1.27. The van der Waals surface area contributed by atoms with E-state index in [-0.39, 0.29) is 30.5 Å². The minimum atomic E-state index is -0.676. The average molecular weight is 345 g/mol. The number of aliphatic hydroxyl groups is 2. The highest BCUT2D eigenvalue weighted by molar-refractivity contribution is 5.67. The molecule has 0 radical (unpaired) electrons. The van der Waals surface area contributed by atoms with Gasteiger partial charge in [-0.3, -0.25) is 0 Å². The van der Waals surface area contributed by atoms with E-state index in [4.69, 9.17) is 14.2 Å². The first-order valence-corrected chi connectivity index (χ1v) is 8.60. The smallest absolute Gasteiger partial charge is 0.407 e. The SMILES string of the molecule is CC(C)(C)OC(=O)NC[C@@H]1[C@H](CO)CC(O)[C@@H]1[C@H]1COC(C)(C)O1. The molecule has 2 rings (SSSR count). The van der Waals surface area contributed by atoms with Crippen LogP contribution in [0.25, 0.3) is 0 Å². The lowest BCUT2D eigenvalue weighted by molar-refractivity contribution is -0.151. The summed E-state index contributed by atoms with van der Waals surface area (Å²) in [5, 5.41) is 22.9. The van der Waals surface area contributed by atoms with Crippen LogP contribution in [0.5, 0.6) is 0 Å². The van der Waals surface area contributed by atoms with Crippen molar-refractivity contribution in [3.05, 3.63) is 0 Å². The van der Waals surface area contributed by atoms with Crippen LogP contribution < -0.4 is 5.32 Å². The Morgan fingerprint density at radius 1 is 1.38 bits per heavy atom. The van der Waals surface area contributed by atoms with E-state index in [1.807, 2.05) is 13.8 Å². The molecule has 2 fully saturated rings. The highest BCUT2D eigenvalue weighted by atomic mass is 16.7. The Labute approximate surface area is 143 Å². The van der Waals surface area contributed by atoms with Crippen molar-refractivity contribution in [1.29, 1.82) is 0 Å². The summed E-state index contributed by atoms with van der Waals surface area (Å²) in [7, 11) is 0. The van der Waals surface area contributed by atoms with Gasteiger partial charge in [-0.15, -0.1) is 0 Å². The summed E-state index contributed by atoms with van der Waals surface area (Å²) in [4.78, 5) is 11.9. The number of hydrogen-bond donors (Lipinski definition) is 3. The second-order valence-corrected chi connectivity index (χ2v) is 8.24. The van der Waals surface area contributed by atoms with Gasteiger partial charge in [0.15, 0.2) is 5.79 Å². The lowest BCUT2D eigenvalue weighted by Gasteiger charge is -2.30. The number of aliphatic hydroxyl groups excluding tert-OH is 2. The maximum atomic E-state index is 11.9. The Balaban J connectivity index is 2.01. The Hall–Kier alpha value is -0.890. The summed E-state index contributed by atoms with van der Waals surface area (Å²) >= 11 is 0. The summed E-state index contributed by atoms with van der Waals surface area (Å²) in [5.74, 6) is -1.06. The maximum absolute atomic E-state index is 11.9. The third-order valence-corrected chi connectivity index (χ3v) is 4.66. The molecule has 1 unspecified atom stereocenters. The second kappa shape index (κ2) is 7.15. The van der Waals surface area contributed by atoms with E-state index in [1.165, 1.54) is 0 Å². The molecule has 1 aliphatic heterocycles. The van der Waals surface area contributed by atoms with E-state index in [1.54, 1.807) is 20.8 Å². The molecule has 7 heteroatoms. The zero-order chi connectivity index (χ0) is 18.1. The minimum absolute atomic E-state index is 0.0365. The molecule has 2 aliphatic rings. The Bertz CT molecular complexity index is 447. The number of rotatable bonds is 4. The number of hydrogen-bond acceptors (Lipinski definition) is 6. The molecular formula is C17H31NO6. The molecule has 7 nitrogen and oxygen atoms in total. The number of carbonyl (C=O) groups is 1. The molecule has 0 spiro atoms.